The minimum Gasteiger partial charge on any atom is -0.493 e. The van der Waals surface area contributed by atoms with E-state index in [1.807, 2.05) is 37.4 Å². The molecular formula is C27H27N5O4S. The molecule has 0 bridgehead atoms. The second kappa shape index (κ2) is 10.9. The average Bonchev–Trinajstić information content (AvgIpc) is 3.57. The Labute approximate surface area is 218 Å². The number of aryl methyl sites for hydroxylation is 2. The van der Waals surface area contributed by atoms with Gasteiger partial charge < -0.3 is 14.2 Å². The second-order valence-corrected chi connectivity index (χ2v) is 9.40. The number of hydrogen-bond acceptors (Lipinski definition) is 9. The Morgan fingerprint density at radius 3 is 2.70 bits per heavy atom. The number of benzene rings is 1. The van der Waals surface area contributed by atoms with Crippen molar-refractivity contribution in [1.82, 2.24) is 24.7 Å². The standard InChI is InChI=1S/C27H27N5O4S/c1-4-36-27(33)25-19(7-5-6-12-32-16-29-15-30-32)31-26-24(18-10-11-28-14-22(18)37-26)23(25)17-8-9-20(34-2)21(13-17)35-3/h8-11,13-16H,4-7,12H2,1-3H3. The van der Waals surface area contributed by atoms with Crippen LogP contribution in [0.4, 0.5) is 0 Å². The molecule has 0 unspecified atom stereocenters. The first-order valence-electron chi connectivity index (χ1n) is 12.1. The second-order valence-electron chi connectivity index (χ2n) is 8.37. The van der Waals surface area contributed by atoms with Crippen LogP contribution in [0.15, 0.2) is 49.3 Å². The minimum atomic E-state index is -0.388. The van der Waals surface area contributed by atoms with Gasteiger partial charge in [0.1, 0.15) is 17.5 Å². The predicted octanol–water partition coefficient (Wildman–Crippen LogP) is 5.32. The normalized spacial score (nSPS) is 11.2. The highest BCUT2D eigenvalue weighted by molar-refractivity contribution is 7.25. The molecule has 0 aliphatic rings. The number of esters is 1. The zero-order chi connectivity index (χ0) is 25.8. The van der Waals surface area contributed by atoms with Crippen molar-refractivity contribution in [3.8, 4) is 22.6 Å². The number of carbonyl (C=O) groups is 1. The van der Waals surface area contributed by atoms with Gasteiger partial charge in [-0.1, -0.05) is 6.07 Å². The number of unbranched alkanes of at least 4 members (excludes halogenated alkanes) is 1. The Kier molecular flexibility index (Phi) is 7.27. The van der Waals surface area contributed by atoms with Gasteiger partial charge in [0.05, 0.1) is 36.8 Å². The first-order chi connectivity index (χ1) is 18.1. The largest absolute Gasteiger partial charge is 0.493 e. The molecule has 0 aliphatic heterocycles. The summed E-state index contributed by atoms with van der Waals surface area (Å²) in [6.45, 7) is 2.82. The molecule has 0 N–H and O–H groups in total. The van der Waals surface area contributed by atoms with E-state index in [4.69, 9.17) is 19.2 Å². The van der Waals surface area contributed by atoms with E-state index in [2.05, 4.69) is 15.1 Å². The quantitative estimate of drug-likeness (QED) is 0.181. The van der Waals surface area contributed by atoms with Crippen LogP contribution in [0, 0.1) is 0 Å². The first-order valence-corrected chi connectivity index (χ1v) is 12.9. The topological polar surface area (TPSA) is 101 Å². The average molecular weight is 518 g/mol. The van der Waals surface area contributed by atoms with Crippen molar-refractivity contribution in [2.24, 2.45) is 0 Å². The van der Waals surface area contributed by atoms with Crippen LogP contribution in [0.5, 0.6) is 11.5 Å². The van der Waals surface area contributed by atoms with Crippen molar-refractivity contribution >= 4 is 37.6 Å². The molecule has 9 nitrogen and oxygen atoms in total. The molecule has 4 heterocycles. The fourth-order valence-electron chi connectivity index (χ4n) is 4.51. The maximum absolute atomic E-state index is 13.5. The highest BCUT2D eigenvalue weighted by Gasteiger charge is 2.26. The van der Waals surface area contributed by atoms with E-state index in [9.17, 15) is 4.79 Å². The van der Waals surface area contributed by atoms with Crippen LogP contribution in [0.1, 0.15) is 35.8 Å². The lowest BCUT2D eigenvalue weighted by molar-refractivity contribution is 0.0525. The maximum atomic E-state index is 13.5. The number of thiophene rings is 1. The molecule has 0 amide bonds. The van der Waals surface area contributed by atoms with E-state index < -0.39 is 0 Å². The van der Waals surface area contributed by atoms with Gasteiger partial charge in [-0.25, -0.2) is 14.8 Å². The fourth-order valence-corrected chi connectivity index (χ4v) is 5.58. The van der Waals surface area contributed by atoms with E-state index in [1.165, 1.54) is 6.33 Å². The molecule has 10 heteroatoms. The zero-order valence-corrected chi connectivity index (χ0v) is 21.7. The molecule has 0 fully saturated rings. The summed E-state index contributed by atoms with van der Waals surface area (Å²) < 4.78 is 19.4. The van der Waals surface area contributed by atoms with Gasteiger partial charge in [0, 0.05) is 35.3 Å². The van der Waals surface area contributed by atoms with E-state index in [0.717, 1.165) is 50.8 Å². The van der Waals surface area contributed by atoms with Gasteiger partial charge in [-0.3, -0.25) is 9.67 Å². The Morgan fingerprint density at radius 1 is 1.08 bits per heavy atom. The van der Waals surface area contributed by atoms with E-state index in [-0.39, 0.29) is 12.6 Å². The summed E-state index contributed by atoms with van der Waals surface area (Å²) in [4.78, 5) is 27.7. The van der Waals surface area contributed by atoms with Crippen LogP contribution in [-0.4, -0.2) is 51.5 Å². The third-order valence-electron chi connectivity index (χ3n) is 6.17. The van der Waals surface area contributed by atoms with Crippen molar-refractivity contribution in [2.45, 2.75) is 32.7 Å². The molecule has 37 heavy (non-hydrogen) atoms. The van der Waals surface area contributed by atoms with Crippen molar-refractivity contribution in [1.29, 1.82) is 0 Å². The van der Waals surface area contributed by atoms with Crippen molar-refractivity contribution < 1.29 is 19.0 Å². The third kappa shape index (κ3) is 4.84. The number of methoxy groups -OCH3 is 2. The lowest BCUT2D eigenvalue weighted by atomic mass is 9.93. The van der Waals surface area contributed by atoms with Gasteiger partial charge in [-0.15, -0.1) is 11.3 Å². The Morgan fingerprint density at radius 2 is 1.95 bits per heavy atom. The molecule has 5 aromatic rings. The molecule has 0 spiro atoms. The Hall–Kier alpha value is -4.05. The predicted molar refractivity (Wildman–Crippen MR) is 142 cm³/mol. The number of aromatic nitrogens is 5. The number of pyridine rings is 2. The number of ether oxygens (including phenoxy) is 3. The maximum Gasteiger partial charge on any atom is 0.340 e. The Bertz CT molecular complexity index is 1550. The van der Waals surface area contributed by atoms with E-state index in [0.29, 0.717) is 29.2 Å². The lowest BCUT2D eigenvalue weighted by Gasteiger charge is -2.17. The molecule has 5 rings (SSSR count). The molecule has 0 saturated carbocycles. The summed E-state index contributed by atoms with van der Waals surface area (Å²) in [6.07, 6.45) is 9.13. The summed E-state index contributed by atoms with van der Waals surface area (Å²) in [5, 5.41) is 6.07. The van der Waals surface area contributed by atoms with Crippen molar-refractivity contribution in [3.05, 3.63) is 60.6 Å². The fraction of sp³-hybridized carbons (Fsp3) is 0.296. The van der Waals surface area contributed by atoms with Crippen LogP contribution >= 0.6 is 11.3 Å². The molecule has 4 aromatic heterocycles. The van der Waals surface area contributed by atoms with Crippen molar-refractivity contribution in [3.63, 3.8) is 0 Å². The number of hydrogen-bond donors (Lipinski definition) is 0. The summed E-state index contributed by atoms with van der Waals surface area (Å²) in [7, 11) is 3.20. The van der Waals surface area contributed by atoms with Crippen LogP contribution in [0.3, 0.4) is 0 Å². The molecular weight excluding hydrogens is 490 g/mol. The number of fused-ring (bicyclic) bond motifs is 3. The van der Waals surface area contributed by atoms with E-state index in [1.54, 1.807) is 42.8 Å². The molecule has 0 aliphatic carbocycles. The van der Waals surface area contributed by atoms with Crippen LogP contribution < -0.4 is 9.47 Å². The Balaban J connectivity index is 1.70. The molecule has 190 valence electrons. The highest BCUT2D eigenvalue weighted by Crippen LogP contribution is 2.44. The van der Waals surface area contributed by atoms with Gasteiger partial charge in [0.15, 0.2) is 11.5 Å². The SMILES string of the molecule is CCOC(=O)c1c(CCCCn2cncn2)nc2sc3cnccc3c2c1-c1ccc(OC)c(OC)c1. The van der Waals surface area contributed by atoms with Crippen LogP contribution in [0.2, 0.25) is 0 Å². The molecule has 0 radical (unpaired) electrons. The third-order valence-corrected chi connectivity index (χ3v) is 7.20. The van der Waals surface area contributed by atoms with Gasteiger partial charge in [0.25, 0.3) is 0 Å². The van der Waals surface area contributed by atoms with E-state index >= 15 is 0 Å². The summed E-state index contributed by atoms with van der Waals surface area (Å²) in [6, 6.07) is 7.66. The van der Waals surface area contributed by atoms with Gasteiger partial charge >= 0.3 is 5.97 Å². The molecule has 0 atom stereocenters. The minimum absolute atomic E-state index is 0.266. The van der Waals surface area contributed by atoms with Gasteiger partial charge in [-0.05, 0) is 49.9 Å². The smallest absolute Gasteiger partial charge is 0.340 e. The van der Waals surface area contributed by atoms with Crippen LogP contribution in [-0.2, 0) is 17.7 Å². The number of rotatable bonds is 10. The van der Waals surface area contributed by atoms with Crippen molar-refractivity contribution in [2.75, 3.05) is 20.8 Å². The summed E-state index contributed by atoms with van der Waals surface area (Å²) in [5.41, 5.74) is 2.81. The highest BCUT2D eigenvalue weighted by atomic mass is 32.1. The summed E-state index contributed by atoms with van der Waals surface area (Å²) in [5.74, 6) is 0.804. The first kappa shape index (κ1) is 24.6. The monoisotopic (exact) mass is 517 g/mol. The van der Waals surface area contributed by atoms with Gasteiger partial charge in [0.2, 0.25) is 0 Å². The van der Waals surface area contributed by atoms with Crippen LogP contribution in [0.25, 0.3) is 31.4 Å². The van der Waals surface area contributed by atoms with Gasteiger partial charge in [-0.2, -0.15) is 5.10 Å². The number of carbonyl (C=O) groups excluding carboxylic acids is 1. The summed E-state index contributed by atoms with van der Waals surface area (Å²) >= 11 is 1.57. The lowest BCUT2D eigenvalue weighted by Crippen LogP contribution is -2.13. The molecule has 0 saturated heterocycles. The number of nitrogens with zero attached hydrogens (tertiary/aromatic N) is 5. The zero-order valence-electron chi connectivity index (χ0n) is 20.9. The molecule has 1 aromatic carbocycles.